The maximum absolute atomic E-state index is 12.2. The van der Waals surface area contributed by atoms with E-state index in [0.29, 0.717) is 22.9 Å². The Morgan fingerprint density at radius 3 is 2.70 bits per heavy atom. The lowest BCUT2D eigenvalue weighted by Crippen LogP contribution is -2.20. The molecular formula is C20H21N3O4. The first-order valence-corrected chi connectivity index (χ1v) is 9.23. The Bertz CT molecular complexity index is 910. The summed E-state index contributed by atoms with van der Waals surface area (Å²) in [5.41, 5.74) is 2.19. The number of esters is 1. The van der Waals surface area contributed by atoms with Gasteiger partial charge in [0.05, 0.1) is 5.92 Å². The first-order chi connectivity index (χ1) is 13.2. The number of benzene rings is 1. The zero-order valence-corrected chi connectivity index (χ0v) is 15.2. The predicted octanol–water partition coefficient (Wildman–Crippen LogP) is 4.32. The highest BCUT2D eigenvalue weighted by molar-refractivity contribution is 5.77. The Balaban J connectivity index is 1.48. The fourth-order valence-corrected chi connectivity index (χ4v) is 3.42. The molecule has 1 aliphatic carbocycles. The molecule has 0 radical (unpaired) electrons. The third-order valence-electron chi connectivity index (χ3n) is 4.87. The van der Waals surface area contributed by atoms with E-state index >= 15 is 0 Å². The van der Waals surface area contributed by atoms with Crippen LogP contribution < -0.4 is 0 Å². The summed E-state index contributed by atoms with van der Waals surface area (Å²) in [5.74, 6) is 0.958. The second-order valence-electron chi connectivity index (χ2n) is 6.77. The van der Waals surface area contributed by atoms with Crippen LogP contribution >= 0.6 is 0 Å². The fourth-order valence-electron chi connectivity index (χ4n) is 3.42. The van der Waals surface area contributed by atoms with Gasteiger partial charge in [0.1, 0.15) is 17.0 Å². The number of rotatable bonds is 5. The lowest BCUT2D eigenvalue weighted by atomic mass is 9.89. The van der Waals surface area contributed by atoms with Gasteiger partial charge in [0.25, 0.3) is 11.8 Å². The summed E-state index contributed by atoms with van der Waals surface area (Å²) in [6.45, 7) is 1.77. The molecule has 27 heavy (non-hydrogen) atoms. The number of aromatic nitrogens is 3. The smallest absolute Gasteiger partial charge is 0.309 e. The zero-order valence-electron chi connectivity index (χ0n) is 15.2. The molecule has 2 heterocycles. The van der Waals surface area contributed by atoms with Gasteiger partial charge in [0, 0.05) is 5.56 Å². The lowest BCUT2D eigenvalue weighted by Gasteiger charge is -2.19. The van der Waals surface area contributed by atoms with Crippen LogP contribution in [0.3, 0.4) is 0 Å². The molecular weight excluding hydrogens is 346 g/mol. The number of hydrogen-bond donors (Lipinski definition) is 0. The van der Waals surface area contributed by atoms with Gasteiger partial charge < -0.3 is 13.7 Å². The van der Waals surface area contributed by atoms with Gasteiger partial charge in [-0.2, -0.15) is 0 Å². The first-order valence-electron chi connectivity index (χ1n) is 9.23. The quantitative estimate of drug-likeness (QED) is 0.620. The molecule has 7 heteroatoms. The van der Waals surface area contributed by atoms with E-state index in [1.165, 1.54) is 6.42 Å². The highest BCUT2D eigenvalue weighted by atomic mass is 16.5. The van der Waals surface area contributed by atoms with Crippen molar-refractivity contribution in [1.82, 2.24) is 15.4 Å². The van der Waals surface area contributed by atoms with Crippen LogP contribution in [0.15, 0.2) is 39.3 Å². The van der Waals surface area contributed by atoms with Gasteiger partial charge in [-0.3, -0.25) is 4.79 Å². The predicted molar refractivity (Wildman–Crippen MR) is 96.3 cm³/mol. The van der Waals surface area contributed by atoms with Gasteiger partial charge in [-0.05, 0) is 19.8 Å². The average Bonchev–Trinajstić information content (AvgIpc) is 3.33. The van der Waals surface area contributed by atoms with Crippen LogP contribution in [0.4, 0.5) is 0 Å². The Labute approximate surface area is 156 Å². The Kier molecular flexibility index (Phi) is 5.00. The molecule has 0 unspecified atom stereocenters. The SMILES string of the molecule is Cc1onc(-c2ccccc2)c1-c1nnc(COC(=O)C2CCCCC2)o1. The minimum atomic E-state index is -0.180. The molecule has 140 valence electrons. The van der Waals surface area contributed by atoms with Crippen LogP contribution in [0, 0.1) is 12.8 Å². The molecule has 0 atom stereocenters. The van der Waals surface area contributed by atoms with E-state index in [4.69, 9.17) is 13.7 Å². The van der Waals surface area contributed by atoms with Gasteiger partial charge in [-0.1, -0.05) is 54.8 Å². The molecule has 0 spiro atoms. The van der Waals surface area contributed by atoms with Crippen LogP contribution in [-0.4, -0.2) is 21.3 Å². The van der Waals surface area contributed by atoms with E-state index in [1.807, 2.05) is 30.3 Å². The van der Waals surface area contributed by atoms with Crippen LogP contribution in [0.1, 0.15) is 43.8 Å². The third kappa shape index (κ3) is 3.77. The average molecular weight is 367 g/mol. The van der Waals surface area contributed by atoms with Crippen molar-refractivity contribution >= 4 is 5.97 Å². The van der Waals surface area contributed by atoms with Crippen molar-refractivity contribution in [1.29, 1.82) is 0 Å². The maximum Gasteiger partial charge on any atom is 0.309 e. The molecule has 7 nitrogen and oxygen atoms in total. The minimum absolute atomic E-state index is 0.00820. The summed E-state index contributed by atoms with van der Waals surface area (Å²) in [7, 11) is 0. The topological polar surface area (TPSA) is 91.3 Å². The van der Waals surface area contributed by atoms with Crippen molar-refractivity contribution in [2.24, 2.45) is 5.92 Å². The van der Waals surface area contributed by atoms with Crippen molar-refractivity contribution in [2.75, 3.05) is 0 Å². The fraction of sp³-hybridized carbons (Fsp3) is 0.400. The molecule has 2 aromatic heterocycles. The van der Waals surface area contributed by atoms with Crippen molar-refractivity contribution < 1.29 is 18.5 Å². The highest BCUT2D eigenvalue weighted by Crippen LogP contribution is 2.33. The number of carbonyl (C=O) groups is 1. The zero-order chi connectivity index (χ0) is 18.6. The van der Waals surface area contributed by atoms with Crippen LogP contribution in [0.2, 0.25) is 0 Å². The van der Waals surface area contributed by atoms with Crippen LogP contribution in [0.5, 0.6) is 0 Å². The van der Waals surface area contributed by atoms with Gasteiger partial charge >= 0.3 is 5.97 Å². The summed E-state index contributed by atoms with van der Waals surface area (Å²) in [6, 6.07) is 9.65. The molecule has 3 aromatic rings. The molecule has 1 saturated carbocycles. The number of carbonyl (C=O) groups excluding carboxylic acids is 1. The van der Waals surface area contributed by atoms with E-state index in [9.17, 15) is 4.79 Å². The number of hydrogen-bond acceptors (Lipinski definition) is 7. The van der Waals surface area contributed by atoms with E-state index in [1.54, 1.807) is 6.92 Å². The van der Waals surface area contributed by atoms with Crippen molar-refractivity contribution in [3.8, 4) is 22.7 Å². The molecule has 0 bridgehead atoms. The van der Waals surface area contributed by atoms with Crippen LogP contribution in [-0.2, 0) is 16.1 Å². The standard InChI is InChI=1S/C20H21N3O4/c1-13-17(18(23-27-13)14-8-4-2-5-9-14)19-22-21-16(26-19)12-25-20(24)15-10-6-3-7-11-15/h2,4-5,8-9,15H,3,6-7,10-12H2,1H3. The number of ether oxygens (including phenoxy) is 1. The molecule has 4 rings (SSSR count). The number of nitrogens with zero attached hydrogens (tertiary/aromatic N) is 3. The molecule has 0 N–H and O–H groups in total. The summed E-state index contributed by atoms with van der Waals surface area (Å²) in [5, 5.41) is 12.2. The molecule has 1 aromatic carbocycles. The molecule has 0 aliphatic heterocycles. The van der Waals surface area contributed by atoms with Gasteiger partial charge in [-0.25, -0.2) is 0 Å². The van der Waals surface area contributed by atoms with E-state index in [-0.39, 0.29) is 24.4 Å². The molecule has 0 amide bonds. The van der Waals surface area contributed by atoms with Gasteiger partial charge in [-0.15, -0.1) is 10.2 Å². The maximum atomic E-state index is 12.2. The largest absolute Gasteiger partial charge is 0.455 e. The van der Waals surface area contributed by atoms with Crippen molar-refractivity contribution in [2.45, 2.75) is 45.6 Å². The van der Waals surface area contributed by atoms with Gasteiger partial charge in [0.15, 0.2) is 6.61 Å². The second-order valence-corrected chi connectivity index (χ2v) is 6.77. The van der Waals surface area contributed by atoms with E-state index in [0.717, 1.165) is 31.2 Å². The molecule has 1 aliphatic rings. The number of aryl methyl sites for hydroxylation is 1. The van der Waals surface area contributed by atoms with Crippen molar-refractivity contribution in [3.63, 3.8) is 0 Å². The Hall–Kier alpha value is -2.96. The Morgan fingerprint density at radius 2 is 1.93 bits per heavy atom. The monoisotopic (exact) mass is 367 g/mol. The second kappa shape index (κ2) is 7.73. The normalized spacial score (nSPS) is 15.0. The first kappa shape index (κ1) is 17.5. The minimum Gasteiger partial charge on any atom is -0.455 e. The Morgan fingerprint density at radius 1 is 1.15 bits per heavy atom. The molecule has 0 saturated heterocycles. The van der Waals surface area contributed by atoms with Gasteiger partial charge in [0.2, 0.25) is 0 Å². The van der Waals surface area contributed by atoms with E-state index < -0.39 is 0 Å². The molecule has 1 fully saturated rings. The summed E-state index contributed by atoms with van der Waals surface area (Å²) in [6.07, 6.45) is 5.15. The van der Waals surface area contributed by atoms with Crippen molar-refractivity contribution in [3.05, 3.63) is 42.0 Å². The third-order valence-corrected chi connectivity index (χ3v) is 4.87. The summed E-state index contributed by atoms with van der Waals surface area (Å²) in [4.78, 5) is 12.2. The highest BCUT2D eigenvalue weighted by Gasteiger charge is 2.24. The summed E-state index contributed by atoms with van der Waals surface area (Å²) >= 11 is 0. The lowest BCUT2D eigenvalue weighted by molar-refractivity contribution is -0.151. The van der Waals surface area contributed by atoms with Crippen LogP contribution in [0.25, 0.3) is 22.7 Å². The van der Waals surface area contributed by atoms with E-state index in [2.05, 4.69) is 15.4 Å². The summed E-state index contributed by atoms with van der Waals surface area (Å²) < 4.78 is 16.4.